The Labute approximate surface area is 124 Å². The van der Waals surface area contributed by atoms with Crippen LogP contribution in [0.25, 0.3) is 11.3 Å². The molecule has 0 radical (unpaired) electrons. The standard InChI is InChI=1S/C15H12FN5O/c16-10-2-1-3-12(8-10)18-20-14-13(19-21-15(14)22)9-4-6-11(17)7-5-9/h1-8H,17H2,(H2,19,21,22). The van der Waals surface area contributed by atoms with Crippen molar-refractivity contribution in [3.8, 4) is 11.3 Å². The van der Waals surface area contributed by atoms with Crippen molar-refractivity contribution >= 4 is 17.1 Å². The molecule has 22 heavy (non-hydrogen) atoms. The molecule has 0 atom stereocenters. The molecule has 2 aromatic carbocycles. The van der Waals surface area contributed by atoms with Crippen LogP contribution >= 0.6 is 0 Å². The van der Waals surface area contributed by atoms with Crippen LogP contribution in [-0.2, 0) is 0 Å². The Morgan fingerprint density at radius 2 is 1.77 bits per heavy atom. The highest BCUT2D eigenvalue weighted by Crippen LogP contribution is 2.27. The summed E-state index contributed by atoms with van der Waals surface area (Å²) in [7, 11) is 0. The number of aromatic amines is 2. The fraction of sp³-hybridized carbons (Fsp3) is 0. The summed E-state index contributed by atoms with van der Waals surface area (Å²) in [6.07, 6.45) is 0. The van der Waals surface area contributed by atoms with Crippen molar-refractivity contribution in [2.45, 2.75) is 0 Å². The Morgan fingerprint density at radius 3 is 2.50 bits per heavy atom. The molecule has 0 spiro atoms. The molecule has 0 aliphatic rings. The molecule has 0 saturated heterocycles. The van der Waals surface area contributed by atoms with E-state index in [0.29, 0.717) is 17.1 Å². The Bertz CT molecular complexity index is 879. The van der Waals surface area contributed by atoms with E-state index in [4.69, 9.17) is 5.73 Å². The summed E-state index contributed by atoms with van der Waals surface area (Å²) in [5.41, 5.74) is 7.51. The lowest BCUT2D eigenvalue weighted by molar-refractivity contribution is 0.628. The predicted molar refractivity (Wildman–Crippen MR) is 81.8 cm³/mol. The van der Waals surface area contributed by atoms with Gasteiger partial charge >= 0.3 is 0 Å². The first-order chi connectivity index (χ1) is 10.6. The van der Waals surface area contributed by atoms with Gasteiger partial charge in [-0.3, -0.25) is 15.0 Å². The van der Waals surface area contributed by atoms with Crippen LogP contribution in [0, 0.1) is 5.82 Å². The zero-order valence-corrected chi connectivity index (χ0v) is 11.4. The molecular weight excluding hydrogens is 285 g/mol. The number of azo groups is 1. The second kappa shape index (κ2) is 5.65. The number of H-pyrrole nitrogens is 2. The van der Waals surface area contributed by atoms with E-state index in [0.717, 1.165) is 5.56 Å². The Kier molecular flexibility index (Phi) is 3.53. The molecular formula is C15H12FN5O. The number of halogens is 1. The highest BCUT2D eigenvalue weighted by molar-refractivity contribution is 5.72. The van der Waals surface area contributed by atoms with E-state index in [2.05, 4.69) is 20.4 Å². The number of aromatic nitrogens is 2. The smallest absolute Gasteiger partial charge is 0.292 e. The topological polar surface area (TPSA) is 99.4 Å². The van der Waals surface area contributed by atoms with Crippen LogP contribution in [0.4, 0.5) is 21.5 Å². The number of nitrogens with one attached hydrogen (secondary N) is 2. The van der Waals surface area contributed by atoms with E-state index in [1.165, 1.54) is 18.2 Å². The minimum Gasteiger partial charge on any atom is -0.399 e. The van der Waals surface area contributed by atoms with Crippen LogP contribution in [0.5, 0.6) is 0 Å². The summed E-state index contributed by atoms with van der Waals surface area (Å²) in [5.74, 6) is -0.418. The van der Waals surface area contributed by atoms with E-state index in [-0.39, 0.29) is 5.69 Å². The van der Waals surface area contributed by atoms with E-state index in [9.17, 15) is 9.18 Å². The van der Waals surface area contributed by atoms with Gasteiger partial charge in [0, 0.05) is 17.3 Å². The number of hydrogen-bond acceptors (Lipinski definition) is 4. The molecule has 0 aliphatic carbocycles. The third-order valence-corrected chi connectivity index (χ3v) is 3.03. The van der Waals surface area contributed by atoms with Crippen LogP contribution in [0.15, 0.2) is 63.6 Å². The molecule has 7 heteroatoms. The maximum absolute atomic E-state index is 13.1. The number of rotatable bonds is 3. The number of nitrogens with zero attached hydrogens (tertiary/aromatic N) is 2. The van der Waals surface area contributed by atoms with E-state index in [1.54, 1.807) is 30.3 Å². The van der Waals surface area contributed by atoms with Gasteiger partial charge in [-0.1, -0.05) is 18.2 Å². The maximum Gasteiger partial charge on any atom is 0.292 e. The first kappa shape index (κ1) is 13.7. The molecule has 1 heterocycles. The number of nitrogens with two attached hydrogens (primary N) is 1. The van der Waals surface area contributed by atoms with Crippen molar-refractivity contribution in [1.82, 2.24) is 10.2 Å². The highest BCUT2D eigenvalue weighted by Gasteiger charge is 2.11. The Morgan fingerprint density at radius 1 is 1.00 bits per heavy atom. The molecule has 0 amide bonds. The summed E-state index contributed by atoms with van der Waals surface area (Å²) >= 11 is 0. The molecule has 0 saturated carbocycles. The van der Waals surface area contributed by atoms with Gasteiger partial charge in [-0.2, -0.15) is 5.11 Å². The maximum atomic E-state index is 13.1. The normalized spacial score (nSPS) is 11.1. The average Bonchev–Trinajstić information content (AvgIpc) is 2.87. The summed E-state index contributed by atoms with van der Waals surface area (Å²) in [5, 5.41) is 13.0. The molecule has 6 nitrogen and oxygen atoms in total. The third kappa shape index (κ3) is 2.78. The molecule has 4 N–H and O–H groups in total. The van der Waals surface area contributed by atoms with Crippen LogP contribution in [0.2, 0.25) is 0 Å². The van der Waals surface area contributed by atoms with Crippen LogP contribution in [-0.4, -0.2) is 10.2 Å². The van der Waals surface area contributed by atoms with Crippen LogP contribution < -0.4 is 11.3 Å². The molecule has 0 aliphatic heterocycles. The molecule has 1 aromatic heterocycles. The Hall–Kier alpha value is -3.22. The SMILES string of the molecule is Nc1ccc(-c2[nH][nH]c(=O)c2N=Nc2cccc(F)c2)cc1. The second-order valence-corrected chi connectivity index (χ2v) is 4.60. The minimum atomic E-state index is -0.418. The monoisotopic (exact) mass is 297 g/mol. The number of benzene rings is 2. The summed E-state index contributed by atoms with van der Waals surface area (Å²) in [6.45, 7) is 0. The third-order valence-electron chi connectivity index (χ3n) is 3.03. The summed E-state index contributed by atoms with van der Waals surface area (Å²) in [6, 6.07) is 12.6. The first-order valence-electron chi connectivity index (χ1n) is 6.47. The first-order valence-corrected chi connectivity index (χ1v) is 6.47. The molecule has 3 aromatic rings. The fourth-order valence-corrected chi connectivity index (χ4v) is 1.95. The quantitative estimate of drug-likeness (QED) is 0.509. The van der Waals surface area contributed by atoms with Gasteiger partial charge < -0.3 is 5.73 Å². The van der Waals surface area contributed by atoms with Crippen molar-refractivity contribution in [3.05, 3.63) is 64.7 Å². The number of hydrogen-bond donors (Lipinski definition) is 3. The predicted octanol–water partition coefficient (Wildman–Crippen LogP) is 3.51. The van der Waals surface area contributed by atoms with Crippen molar-refractivity contribution < 1.29 is 4.39 Å². The van der Waals surface area contributed by atoms with Gasteiger partial charge in [-0.25, -0.2) is 4.39 Å². The van der Waals surface area contributed by atoms with Gasteiger partial charge in [0.2, 0.25) is 0 Å². The van der Waals surface area contributed by atoms with Gasteiger partial charge in [0.1, 0.15) is 5.82 Å². The largest absolute Gasteiger partial charge is 0.399 e. The molecule has 3 rings (SSSR count). The van der Waals surface area contributed by atoms with E-state index < -0.39 is 11.4 Å². The van der Waals surface area contributed by atoms with Gasteiger partial charge in [-0.15, -0.1) is 5.11 Å². The second-order valence-electron chi connectivity index (χ2n) is 4.60. The van der Waals surface area contributed by atoms with Crippen LogP contribution in [0.1, 0.15) is 0 Å². The van der Waals surface area contributed by atoms with Gasteiger partial charge in [0.15, 0.2) is 5.69 Å². The van der Waals surface area contributed by atoms with E-state index >= 15 is 0 Å². The lowest BCUT2D eigenvalue weighted by Crippen LogP contribution is -1.96. The molecule has 0 fully saturated rings. The van der Waals surface area contributed by atoms with Crippen molar-refractivity contribution in [2.24, 2.45) is 10.2 Å². The highest BCUT2D eigenvalue weighted by atomic mass is 19.1. The fourth-order valence-electron chi connectivity index (χ4n) is 1.95. The zero-order valence-electron chi connectivity index (χ0n) is 11.4. The number of anilines is 1. The van der Waals surface area contributed by atoms with Crippen molar-refractivity contribution in [3.63, 3.8) is 0 Å². The molecule has 0 bridgehead atoms. The van der Waals surface area contributed by atoms with Gasteiger partial charge in [0.25, 0.3) is 5.56 Å². The zero-order chi connectivity index (χ0) is 15.5. The van der Waals surface area contributed by atoms with Crippen molar-refractivity contribution in [1.29, 1.82) is 0 Å². The minimum absolute atomic E-state index is 0.119. The van der Waals surface area contributed by atoms with Crippen molar-refractivity contribution in [2.75, 3.05) is 5.73 Å². The summed E-state index contributed by atoms with van der Waals surface area (Å²) in [4.78, 5) is 11.8. The van der Waals surface area contributed by atoms with Gasteiger partial charge in [0.05, 0.1) is 11.4 Å². The van der Waals surface area contributed by atoms with E-state index in [1.807, 2.05) is 0 Å². The van der Waals surface area contributed by atoms with Crippen LogP contribution in [0.3, 0.4) is 0 Å². The van der Waals surface area contributed by atoms with Gasteiger partial charge in [-0.05, 0) is 24.3 Å². The number of nitrogen functional groups attached to an aromatic ring is 1. The summed E-state index contributed by atoms with van der Waals surface area (Å²) < 4.78 is 13.1. The lowest BCUT2D eigenvalue weighted by Gasteiger charge is -1.99. The molecule has 110 valence electrons. The lowest BCUT2D eigenvalue weighted by atomic mass is 10.1. The average molecular weight is 297 g/mol. The Balaban J connectivity index is 1.99. The molecule has 0 unspecified atom stereocenters.